The van der Waals surface area contributed by atoms with Crippen LogP contribution in [0.2, 0.25) is 0 Å². The number of aryl methyl sites for hydroxylation is 1. The lowest BCUT2D eigenvalue weighted by atomic mass is 9.96. The number of anilines is 1. The number of hydrogen-bond donors (Lipinski definition) is 1. The minimum Gasteiger partial charge on any atom is -0.497 e. The molecule has 110 valence electrons. The van der Waals surface area contributed by atoms with Gasteiger partial charge in [-0.3, -0.25) is 0 Å². The molecule has 1 aliphatic rings. The van der Waals surface area contributed by atoms with E-state index in [0.717, 1.165) is 30.9 Å². The van der Waals surface area contributed by atoms with Crippen LogP contribution in [0.15, 0.2) is 48.5 Å². The van der Waals surface area contributed by atoms with E-state index in [0.29, 0.717) is 6.04 Å². The van der Waals surface area contributed by atoms with E-state index in [4.69, 9.17) is 9.47 Å². The minimum atomic E-state index is 0.498. The molecule has 2 aromatic carbocycles. The summed E-state index contributed by atoms with van der Waals surface area (Å²) in [6.45, 7) is 0.728. The summed E-state index contributed by atoms with van der Waals surface area (Å²) in [4.78, 5) is 0. The lowest BCUT2D eigenvalue weighted by Crippen LogP contribution is -2.27. The first kappa shape index (κ1) is 13.8. The Labute approximate surface area is 125 Å². The van der Waals surface area contributed by atoms with Gasteiger partial charge in [0, 0.05) is 18.2 Å². The second-order valence-corrected chi connectivity index (χ2v) is 5.35. The molecule has 0 saturated heterocycles. The Bertz CT molecular complexity index is 580. The van der Waals surface area contributed by atoms with Crippen molar-refractivity contribution in [3.05, 3.63) is 54.1 Å². The topological polar surface area (TPSA) is 30.5 Å². The SMILES string of the molecule is COc1ccc(OCCC2CCc3ccccc3N2)cc1. The average Bonchev–Trinajstić information content (AvgIpc) is 2.55. The van der Waals surface area contributed by atoms with Crippen molar-refractivity contribution in [2.45, 2.75) is 25.3 Å². The molecular weight excluding hydrogens is 262 g/mol. The van der Waals surface area contributed by atoms with Crippen LogP contribution < -0.4 is 14.8 Å². The first-order valence-electron chi connectivity index (χ1n) is 7.46. The summed E-state index contributed by atoms with van der Waals surface area (Å²) < 4.78 is 10.9. The van der Waals surface area contributed by atoms with E-state index in [1.165, 1.54) is 17.7 Å². The number of rotatable bonds is 5. The normalized spacial score (nSPS) is 16.7. The van der Waals surface area contributed by atoms with E-state index in [2.05, 4.69) is 29.6 Å². The third-order valence-electron chi connectivity index (χ3n) is 3.93. The van der Waals surface area contributed by atoms with Gasteiger partial charge in [0.25, 0.3) is 0 Å². The van der Waals surface area contributed by atoms with Gasteiger partial charge in [-0.2, -0.15) is 0 Å². The maximum atomic E-state index is 5.80. The van der Waals surface area contributed by atoms with E-state index < -0.39 is 0 Å². The Kier molecular flexibility index (Phi) is 4.29. The van der Waals surface area contributed by atoms with E-state index in [1.807, 2.05) is 24.3 Å². The van der Waals surface area contributed by atoms with Gasteiger partial charge in [-0.1, -0.05) is 18.2 Å². The molecule has 0 radical (unpaired) electrons. The highest BCUT2D eigenvalue weighted by Gasteiger charge is 2.16. The lowest BCUT2D eigenvalue weighted by Gasteiger charge is -2.27. The van der Waals surface area contributed by atoms with Crippen LogP contribution in [0.5, 0.6) is 11.5 Å². The fraction of sp³-hybridized carbons (Fsp3) is 0.333. The third kappa shape index (κ3) is 3.48. The van der Waals surface area contributed by atoms with Gasteiger partial charge < -0.3 is 14.8 Å². The molecule has 0 spiro atoms. The lowest BCUT2D eigenvalue weighted by molar-refractivity contribution is 0.297. The molecule has 0 amide bonds. The van der Waals surface area contributed by atoms with Gasteiger partial charge in [0.2, 0.25) is 0 Å². The Balaban J connectivity index is 1.48. The van der Waals surface area contributed by atoms with Crippen LogP contribution >= 0.6 is 0 Å². The summed E-state index contributed by atoms with van der Waals surface area (Å²) in [5, 5.41) is 3.60. The van der Waals surface area contributed by atoms with Gasteiger partial charge in [-0.05, 0) is 48.7 Å². The minimum absolute atomic E-state index is 0.498. The van der Waals surface area contributed by atoms with Crippen molar-refractivity contribution in [3.8, 4) is 11.5 Å². The zero-order valence-corrected chi connectivity index (χ0v) is 12.3. The quantitative estimate of drug-likeness (QED) is 0.903. The second kappa shape index (κ2) is 6.53. The smallest absolute Gasteiger partial charge is 0.119 e. The molecule has 0 aromatic heterocycles. The molecule has 3 rings (SSSR count). The van der Waals surface area contributed by atoms with E-state index in [1.54, 1.807) is 7.11 Å². The van der Waals surface area contributed by atoms with E-state index in [9.17, 15) is 0 Å². The van der Waals surface area contributed by atoms with Crippen molar-refractivity contribution < 1.29 is 9.47 Å². The molecule has 2 aromatic rings. The number of para-hydroxylation sites is 1. The first-order chi connectivity index (χ1) is 10.3. The predicted octanol–water partition coefficient (Wildman–Crippen LogP) is 3.89. The van der Waals surface area contributed by atoms with Crippen molar-refractivity contribution >= 4 is 5.69 Å². The molecule has 0 fully saturated rings. The van der Waals surface area contributed by atoms with Crippen LogP contribution in [-0.4, -0.2) is 19.8 Å². The molecule has 3 nitrogen and oxygen atoms in total. The van der Waals surface area contributed by atoms with Gasteiger partial charge in [0.15, 0.2) is 0 Å². The number of hydrogen-bond acceptors (Lipinski definition) is 3. The first-order valence-corrected chi connectivity index (χ1v) is 7.46. The summed E-state index contributed by atoms with van der Waals surface area (Å²) >= 11 is 0. The standard InChI is InChI=1S/C18H21NO2/c1-20-16-8-10-17(11-9-16)21-13-12-15-7-6-14-4-2-3-5-18(14)19-15/h2-5,8-11,15,19H,6-7,12-13H2,1H3. The Morgan fingerprint density at radius 2 is 1.81 bits per heavy atom. The molecule has 0 saturated carbocycles. The van der Waals surface area contributed by atoms with Gasteiger partial charge in [0.1, 0.15) is 11.5 Å². The number of fused-ring (bicyclic) bond motifs is 1. The fourth-order valence-corrected chi connectivity index (χ4v) is 2.71. The maximum absolute atomic E-state index is 5.80. The van der Waals surface area contributed by atoms with Crippen LogP contribution in [0.3, 0.4) is 0 Å². The van der Waals surface area contributed by atoms with E-state index >= 15 is 0 Å². The molecule has 1 aliphatic heterocycles. The number of benzene rings is 2. The van der Waals surface area contributed by atoms with Crippen LogP contribution in [0.25, 0.3) is 0 Å². The highest BCUT2D eigenvalue weighted by molar-refractivity contribution is 5.53. The summed E-state index contributed by atoms with van der Waals surface area (Å²) in [6.07, 6.45) is 3.33. The monoisotopic (exact) mass is 283 g/mol. The molecule has 1 N–H and O–H groups in total. The van der Waals surface area contributed by atoms with Gasteiger partial charge in [-0.15, -0.1) is 0 Å². The average molecular weight is 283 g/mol. The Morgan fingerprint density at radius 1 is 1.05 bits per heavy atom. The van der Waals surface area contributed by atoms with Crippen molar-refractivity contribution in [3.63, 3.8) is 0 Å². The zero-order valence-electron chi connectivity index (χ0n) is 12.3. The molecule has 21 heavy (non-hydrogen) atoms. The number of ether oxygens (including phenoxy) is 2. The number of methoxy groups -OCH3 is 1. The molecule has 3 heteroatoms. The predicted molar refractivity (Wildman–Crippen MR) is 85.3 cm³/mol. The molecule has 1 heterocycles. The van der Waals surface area contributed by atoms with Crippen LogP contribution in [0, 0.1) is 0 Å². The molecule has 0 aliphatic carbocycles. The summed E-state index contributed by atoms with van der Waals surface area (Å²) in [6, 6.07) is 16.8. The summed E-state index contributed by atoms with van der Waals surface area (Å²) in [5.74, 6) is 1.75. The highest BCUT2D eigenvalue weighted by Crippen LogP contribution is 2.25. The second-order valence-electron chi connectivity index (χ2n) is 5.35. The largest absolute Gasteiger partial charge is 0.497 e. The van der Waals surface area contributed by atoms with Crippen molar-refractivity contribution in [1.29, 1.82) is 0 Å². The van der Waals surface area contributed by atoms with Gasteiger partial charge in [0.05, 0.1) is 13.7 Å². The van der Waals surface area contributed by atoms with Gasteiger partial charge >= 0.3 is 0 Å². The molecule has 1 atom stereocenters. The Hall–Kier alpha value is -2.16. The van der Waals surface area contributed by atoms with E-state index in [-0.39, 0.29) is 0 Å². The molecule has 0 bridgehead atoms. The van der Waals surface area contributed by atoms with Crippen LogP contribution in [-0.2, 0) is 6.42 Å². The molecule has 1 unspecified atom stereocenters. The van der Waals surface area contributed by atoms with Crippen molar-refractivity contribution in [2.24, 2.45) is 0 Å². The summed E-state index contributed by atoms with van der Waals surface area (Å²) in [5.41, 5.74) is 2.70. The zero-order chi connectivity index (χ0) is 14.5. The molecular formula is C18H21NO2. The summed E-state index contributed by atoms with van der Waals surface area (Å²) in [7, 11) is 1.67. The van der Waals surface area contributed by atoms with Crippen molar-refractivity contribution in [1.82, 2.24) is 0 Å². The Morgan fingerprint density at radius 3 is 2.62 bits per heavy atom. The maximum Gasteiger partial charge on any atom is 0.119 e. The number of nitrogens with one attached hydrogen (secondary N) is 1. The fourth-order valence-electron chi connectivity index (χ4n) is 2.71. The van der Waals surface area contributed by atoms with Crippen molar-refractivity contribution in [2.75, 3.05) is 19.0 Å². The van der Waals surface area contributed by atoms with Gasteiger partial charge in [-0.25, -0.2) is 0 Å². The van der Waals surface area contributed by atoms with Crippen LogP contribution in [0.1, 0.15) is 18.4 Å². The van der Waals surface area contributed by atoms with Crippen LogP contribution in [0.4, 0.5) is 5.69 Å². The third-order valence-corrected chi connectivity index (χ3v) is 3.93. The highest BCUT2D eigenvalue weighted by atomic mass is 16.5.